The van der Waals surface area contributed by atoms with Crippen LogP contribution in [0.3, 0.4) is 0 Å². The van der Waals surface area contributed by atoms with Crippen LogP contribution in [0.4, 0.5) is 5.69 Å². The maximum atomic E-state index is 11.6. The molecule has 94 valence electrons. The van der Waals surface area contributed by atoms with Crippen LogP contribution in [0.5, 0.6) is 0 Å². The lowest BCUT2D eigenvalue weighted by Crippen LogP contribution is -2.28. The zero-order valence-corrected chi connectivity index (χ0v) is 10.4. The first kappa shape index (κ1) is 12.5. The van der Waals surface area contributed by atoms with Crippen LogP contribution >= 0.6 is 0 Å². The SMILES string of the molecule is CCCNCC(=O)Nc1cnc2ccccc2c1. The molecule has 0 spiro atoms. The lowest BCUT2D eigenvalue weighted by molar-refractivity contribution is -0.115. The molecule has 4 nitrogen and oxygen atoms in total. The number of pyridine rings is 1. The van der Waals surface area contributed by atoms with Crippen LogP contribution in [0.2, 0.25) is 0 Å². The van der Waals surface area contributed by atoms with Crippen LogP contribution in [0.15, 0.2) is 36.5 Å². The first-order valence-electron chi connectivity index (χ1n) is 6.15. The molecule has 0 aliphatic heterocycles. The van der Waals surface area contributed by atoms with Gasteiger partial charge in [0, 0.05) is 5.39 Å². The first-order valence-corrected chi connectivity index (χ1v) is 6.15. The van der Waals surface area contributed by atoms with Gasteiger partial charge in [0.2, 0.25) is 5.91 Å². The van der Waals surface area contributed by atoms with Gasteiger partial charge in [-0.05, 0) is 25.1 Å². The van der Waals surface area contributed by atoms with Gasteiger partial charge in [-0.15, -0.1) is 0 Å². The summed E-state index contributed by atoms with van der Waals surface area (Å²) in [6, 6.07) is 9.76. The van der Waals surface area contributed by atoms with E-state index >= 15 is 0 Å². The molecule has 0 fully saturated rings. The van der Waals surface area contributed by atoms with E-state index in [0.717, 1.165) is 29.6 Å². The summed E-state index contributed by atoms with van der Waals surface area (Å²) in [4.78, 5) is 15.9. The van der Waals surface area contributed by atoms with Crippen molar-refractivity contribution in [2.24, 2.45) is 0 Å². The molecule has 18 heavy (non-hydrogen) atoms. The summed E-state index contributed by atoms with van der Waals surface area (Å²) in [5.74, 6) is -0.0412. The van der Waals surface area contributed by atoms with Crippen molar-refractivity contribution in [1.82, 2.24) is 10.3 Å². The molecule has 0 aliphatic carbocycles. The number of amides is 1. The molecule has 0 bridgehead atoms. The molecule has 0 aliphatic rings. The van der Waals surface area contributed by atoms with E-state index < -0.39 is 0 Å². The van der Waals surface area contributed by atoms with E-state index in [-0.39, 0.29) is 5.91 Å². The molecule has 2 rings (SSSR count). The lowest BCUT2D eigenvalue weighted by atomic mass is 10.2. The third-order valence-electron chi connectivity index (χ3n) is 2.59. The zero-order valence-electron chi connectivity index (χ0n) is 10.4. The van der Waals surface area contributed by atoms with Crippen LogP contribution in [-0.4, -0.2) is 24.0 Å². The van der Waals surface area contributed by atoms with Crippen molar-refractivity contribution in [3.05, 3.63) is 36.5 Å². The number of hydrogen-bond acceptors (Lipinski definition) is 3. The molecule has 4 heteroatoms. The van der Waals surface area contributed by atoms with Gasteiger partial charge in [0.25, 0.3) is 0 Å². The Hall–Kier alpha value is -1.94. The molecule has 2 N–H and O–H groups in total. The topological polar surface area (TPSA) is 54.0 Å². The molecule has 0 atom stereocenters. The molecule has 0 radical (unpaired) electrons. The number of carbonyl (C=O) groups is 1. The van der Waals surface area contributed by atoms with Gasteiger partial charge in [-0.2, -0.15) is 0 Å². The minimum absolute atomic E-state index is 0.0412. The van der Waals surface area contributed by atoms with Crippen molar-refractivity contribution < 1.29 is 4.79 Å². The normalized spacial score (nSPS) is 10.5. The van der Waals surface area contributed by atoms with Crippen molar-refractivity contribution in [1.29, 1.82) is 0 Å². The number of fused-ring (bicyclic) bond motifs is 1. The second-order valence-electron chi connectivity index (χ2n) is 4.14. The molecule has 1 aromatic carbocycles. The van der Waals surface area contributed by atoms with Gasteiger partial charge in [0.05, 0.1) is 23.9 Å². The zero-order chi connectivity index (χ0) is 12.8. The number of carbonyl (C=O) groups excluding carboxylic acids is 1. The van der Waals surface area contributed by atoms with Gasteiger partial charge in [-0.1, -0.05) is 25.1 Å². The molecule has 2 aromatic rings. The average molecular weight is 243 g/mol. The van der Waals surface area contributed by atoms with E-state index in [0.29, 0.717) is 6.54 Å². The smallest absolute Gasteiger partial charge is 0.238 e. The maximum Gasteiger partial charge on any atom is 0.238 e. The van der Waals surface area contributed by atoms with E-state index in [1.54, 1.807) is 6.20 Å². The molecule has 0 saturated heterocycles. The highest BCUT2D eigenvalue weighted by molar-refractivity contribution is 5.94. The highest BCUT2D eigenvalue weighted by Crippen LogP contribution is 2.15. The Morgan fingerprint density at radius 2 is 2.17 bits per heavy atom. The predicted octanol–water partition coefficient (Wildman–Crippen LogP) is 2.17. The van der Waals surface area contributed by atoms with Gasteiger partial charge in [-0.3, -0.25) is 9.78 Å². The number of hydrogen-bond donors (Lipinski definition) is 2. The van der Waals surface area contributed by atoms with Crippen LogP contribution in [0, 0.1) is 0 Å². The van der Waals surface area contributed by atoms with Crippen LogP contribution in [0.25, 0.3) is 10.9 Å². The van der Waals surface area contributed by atoms with Crippen LogP contribution in [-0.2, 0) is 4.79 Å². The van der Waals surface area contributed by atoms with E-state index in [1.807, 2.05) is 30.3 Å². The maximum absolute atomic E-state index is 11.6. The quantitative estimate of drug-likeness (QED) is 0.791. The summed E-state index contributed by atoms with van der Waals surface area (Å²) in [7, 11) is 0. The third-order valence-corrected chi connectivity index (χ3v) is 2.59. The fourth-order valence-corrected chi connectivity index (χ4v) is 1.72. The Bertz CT molecular complexity index is 539. The summed E-state index contributed by atoms with van der Waals surface area (Å²) in [6.45, 7) is 3.25. The Morgan fingerprint density at radius 3 is 3.00 bits per heavy atom. The molecule has 0 saturated carbocycles. The van der Waals surface area contributed by atoms with E-state index in [1.165, 1.54) is 0 Å². The summed E-state index contributed by atoms with van der Waals surface area (Å²) < 4.78 is 0. The number of nitrogens with zero attached hydrogens (tertiary/aromatic N) is 1. The van der Waals surface area contributed by atoms with Crippen molar-refractivity contribution in [3.63, 3.8) is 0 Å². The number of aromatic nitrogens is 1. The molecular weight excluding hydrogens is 226 g/mol. The summed E-state index contributed by atoms with van der Waals surface area (Å²) in [5.41, 5.74) is 1.66. The predicted molar refractivity (Wildman–Crippen MR) is 73.5 cm³/mol. The highest BCUT2D eigenvalue weighted by Gasteiger charge is 2.02. The van der Waals surface area contributed by atoms with Gasteiger partial charge in [-0.25, -0.2) is 0 Å². The Labute approximate surface area is 106 Å². The van der Waals surface area contributed by atoms with E-state index in [2.05, 4.69) is 22.5 Å². The molecule has 1 aromatic heterocycles. The highest BCUT2D eigenvalue weighted by atomic mass is 16.1. The fraction of sp³-hybridized carbons (Fsp3) is 0.286. The fourth-order valence-electron chi connectivity index (χ4n) is 1.72. The molecular formula is C14H17N3O. The summed E-state index contributed by atoms with van der Waals surface area (Å²) in [6.07, 6.45) is 2.70. The van der Waals surface area contributed by atoms with Crippen molar-refractivity contribution >= 4 is 22.5 Å². The van der Waals surface area contributed by atoms with Gasteiger partial charge >= 0.3 is 0 Å². The Morgan fingerprint density at radius 1 is 1.33 bits per heavy atom. The summed E-state index contributed by atoms with van der Waals surface area (Å²) >= 11 is 0. The largest absolute Gasteiger partial charge is 0.324 e. The van der Waals surface area contributed by atoms with E-state index in [4.69, 9.17) is 0 Å². The monoisotopic (exact) mass is 243 g/mol. The number of rotatable bonds is 5. The average Bonchev–Trinajstić information content (AvgIpc) is 2.39. The Kier molecular flexibility index (Phi) is 4.25. The molecule has 0 unspecified atom stereocenters. The number of nitrogens with one attached hydrogen (secondary N) is 2. The second-order valence-corrected chi connectivity index (χ2v) is 4.14. The van der Waals surface area contributed by atoms with Crippen molar-refractivity contribution in [3.8, 4) is 0 Å². The third kappa shape index (κ3) is 3.28. The van der Waals surface area contributed by atoms with Gasteiger partial charge in [0.1, 0.15) is 0 Å². The first-order chi connectivity index (χ1) is 8.79. The minimum atomic E-state index is -0.0412. The Balaban J connectivity index is 2.01. The summed E-state index contributed by atoms with van der Waals surface area (Å²) in [5, 5.41) is 6.91. The molecule has 1 amide bonds. The van der Waals surface area contributed by atoms with Gasteiger partial charge < -0.3 is 10.6 Å². The second kappa shape index (κ2) is 6.12. The van der Waals surface area contributed by atoms with Crippen molar-refractivity contribution in [2.45, 2.75) is 13.3 Å². The van der Waals surface area contributed by atoms with E-state index in [9.17, 15) is 4.79 Å². The standard InChI is InChI=1S/C14H17N3O/c1-2-7-15-10-14(18)17-12-8-11-5-3-4-6-13(11)16-9-12/h3-6,8-9,15H,2,7,10H2,1H3,(H,17,18). The van der Waals surface area contributed by atoms with Crippen LogP contribution in [0.1, 0.15) is 13.3 Å². The van der Waals surface area contributed by atoms with Crippen molar-refractivity contribution in [2.75, 3.05) is 18.4 Å². The number of anilines is 1. The number of para-hydroxylation sites is 1. The number of benzene rings is 1. The lowest BCUT2D eigenvalue weighted by Gasteiger charge is -2.06. The van der Waals surface area contributed by atoms with Gasteiger partial charge in [0.15, 0.2) is 0 Å². The molecule has 1 heterocycles. The van der Waals surface area contributed by atoms with Crippen LogP contribution < -0.4 is 10.6 Å². The minimum Gasteiger partial charge on any atom is -0.324 e.